The molecular weight excluding hydrogens is 242 g/mol. The fraction of sp³-hybridized carbons (Fsp3) is 0.786. The molecule has 3 N–H and O–H groups in total. The number of nitrogens with two attached hydrogens (primary N) is 1. The van der Waals surface area contributed by atoms with Crippen LogP contribution in [0.25, 0.3) is 0 Å². The molecule has 0 aromatic rings. The Balaban J connectivity index is 2.38. The van der Waals surface area contributed by atoms with Crippen LogP contribution >= 0.6 is 0 Å². The minimum Gasteiger partial charge on any atom is -0.444 e. The number of carbonyl (C=O) groups excluding carboxylic acids is 1. The Bertz CT molecular complexity index is 334. The molecule has 1 amide bonds. The number of nitrogens with zero attached hydrogens (tertiary/aromatic N) is 1. The average Bonchev–Trinajstić information content (AvgIpc) is 2.34. The average molecular weight is 269 g/mol. The van der Waals surface area contributed by atoms with Crippen molar-refractivity contribution in [3.63, 3.8) is 0 Å². The van der Waals surface area contributed by atoms with Gasteiger partial charge in [0, 0.05) is 32.2 Å². The van der Waals surface area contributed by atoms with Crippen molar-refractivity contribution >= 4 is 6.09 Å². The molecule has 0 saturated heterocycles. The molecule has 0 aromatic carbocycles. The number of nitrogens with one attached hydrogen (secondary N) is 1. The van der Waals surface area contributed by atoms with Crippen LogP contribution in [0.4, 0.5) is 4.79 Å². The quantitative estimate of drug-likeness (QED) is 0.759. The summed E-state index contributed by atoms with van der Waals surface area (Å²) < 4.78 is 5.35. The smallest absolute Gasteiger partial charge is 0.410 e. The molecule has 1 rings (SSSR count). The van der Waals surface area contributed by atoms with E-state index in [4.69, 9.17) is 10.5 Å². The molecule has 0 radical (unpaired) electrons. The normalized spacial score (nSPS) is 17.9. The van der Waals surface area contributed by atoms with Gasteiger partial charge in [0.15, 0.2) is 0 Å². The lowest BCUT2D eigenvalue weighted by molar-refractivity contribution is 0.0265. The van der Waals surface area contributed by atoms with Gasteiger partial charge in [-0.2, -0.15) is 0 Å². The topological polar surface area (TPSA) is 67.6 Å². The molecule has 0 bridgehead atoms. The van der Waals surface area contributed by atoms with E-state index in [1.54, 1.807) is 4.90 Å². The third kappa shape index (κ3) is 6.07. The zero-order chi connectivity index (χ0) is 14.5. The van der Waals surface area contributed by atoms with Crippen molar-refractivity contribution in [1.82, 2.24) is 10.2 Å². The van der Waals surface area contributed by atoms with Crippen molar-refractivity contribution in [2.45, 2.75) is 45.8 Å². The molecule has 1 unspecified atom stereocenters. The van der Waals surface area contributed by atoms with Crippen molar-refractivity contribution in [3.05, 3.63) is 11.6 Å². The highest BCUT2D eigenvalue weighted by Crippen LogP contribution is 2.15. The lowest BCUT2D eigenvalue weighted by Gasteiger charge is -2.29. The summed E-state index contributed by atoms with van der Waals surface area (Å²) >= 11 is 0. The third-order valence-corrected chi connectivity index (χ3v) is 2.99. The summed E-state index contributed by atoms with van der Waals surface area (Å²) in [6.45, 7) is 10.5. The minimum absolute atomic E-state index is 0.230. The first-order valence-corrected chi connectivity index (χ1v) is 6.91. The Labute approximate surface area is 116 Å². The first-order chi connectivity index (χ1) is 8.81. The highest BCUT2D eigenvalue weighted by molar-refractivity contribution is 5.68. The van der Waals surface area contributed by atoms with Gasteiger partial charge in [-0.3, -0.25) is 0 Å². The van der Waals surface area contributed by atoms with Crippen molar-refractivity contribution in [2.24, 2.45) is 5.73 Å². The van der Waals surface area contributed by atoms with E-state index in [0.29, 0.717) is 19.1 Å². The van der Waals surface area contributed by atoms with Crippen LogP contribution in [0.15, 0.2) is 11.6 Å². The monoisotopic (exact) mass is 269 g/mol. The number of hydrogen-bond donors (Lipinski definition) is 2. The van der Waals surface area contributed by atoms with E-state index in [2.05, 4.69) is 18.3 Å². The lowest BCUT2D eigenvalue weighted by Crippen LogP contribution is -2.41. The number of ether oxygens (including phenoxy) is 1. The molecule has 1 aliphatic rings. The Morgan fingerprint density at radius 1 is 1.58 bits per heavy atom. The van der Waals surface area contributed by atoms with Gasteiger partial charge in [0.2, 0.25) is 0 Å². The van der Waals surface area contributed by atoms with E-state index >= 15 is 0 Å². The molecule has 5 heteroatoms. The predicted molar refractivity (Wildman–Crippen MR) is 77.0 cm³/mol. The summed E-state index contributed by atoms with van der Waals surface area (Å²) in [4.78, 5) is 13.6. The second kappa shape index (κ2) is 6.91. The second-order valence-corrected chi connectivity index (χ2v) is 6.06. The molecule has 5 nitrogen and oxygen atoms in total. The maximum atomic E-state index is 11.9. The van der Waals surface area contributed by atoms with E-state index in [0.717, 1.165) is 19.5 Å². The van der Waals surface area contributed by atoms with E-state index in [9.17, 15) is 4.79 Å². The lowest BCUT2D eigenvalue weighted by atomic mass is 10.1. The SMILES string of the molecule is CC(CN)NCC1=CCN(C(=O)OC(C)(C)C)CC1. The molecule has 0 aliphatic carbocycles. The molecule has 0 saturated carbocycles. The molecule has 19 heavy (non-hydrogen) atoms. The summed E-state index contributed by atoms with van der Waals surface area (Å²) in [5, 5.41) is 3.36. The van der Waals surface area contributed by atoms with Crippen LogP contribution in [0.3, 0.4) is 0 Å². The molecule has 0 fully saturated rings. The van der Waals surface area contributed by atoms with Crippen LogP contribution in [0.1, 0.15) is 34.1 Å². The van der Waals surface area contributed by atoms with Crippen LogP contribution in [-0.4, -0.2) is 48.8 Å². The van der Waals surface area contributed by atoms with E-state index in [1.807, 2.05) is 20.8 Å². The summed E-state index contributed by atoms with van der Waals surface area (Å²) in [6.07, 6.45) is 2.76. The third-order valence-electron chi connectivity index (χ3n) is 2.99. The van der Waals surface area contributed by atoms with E-state index in [1.165, 1.54) is 5.57 Å². The van der Waals surface area contributed by atoms with Gasteiger partial charge in [0.05, 0.1) is 0 Å². The zero-order valence-corrected chi connectivity index (χ0v) is 12.5. The van der Waals surface area contributed by atoms with Gasteiger partial charge in [-0.25, -0.2) is 4.79 Å². The van der Waals surface area contributed by atoms with Crippen molar-refractivity contribution in [2.75, 3.05) is 26.2 Å². The van der Waals surface area contributed by atoms with Crippen LogP contribution in [0.2, 0.25) is 0 Å². The summed E-state index contributed by atoms with van der Waals surface area (Å²) in [7, 11) is 0. The maximum Gasteiger partial charge on any atom is 0.410 e. The largest absolute Gasteiger partial charge is 0.444 e. The summed E-state index contributed by atoms with van der Waals surface area (Å²) in [5.41, 5.74) is 6.46. The Morgan fingerprint density at radius 3 is 2.74 bits per heavy atom. The highest BCUT2D eigenvalue weighted by atomic mass is 16.6. The Hall–Kier alpha value is -1.07. The van der Waals surface area contributed by atoms with Crippen molar-refractivity contribution < 1.29 is 9.53 Å². The number of carbonyl (C=O) groups is 1. The fourth-order valence-electron chi connectivity index (χ4n) is 1.75. The fourth-order valence-corrected chi connectivity index (χ4v) is 1.75. The van der Waals surface area contributed by atoms with Crippen molar-refractivity contribution in [3.8, 4) is 0 Å². The molecule has 1 aliphatic heterocycles. The highest BCUT2D eigenvalue weighted by Gasteiger charge is 2.23. The van der Waals surface area contributed by atoms with Gasteiger partial charge in [-0.15, -0.1) is 0 Å². The molecule has 1 heterocycles. The molecule has 0 spiro atoms. The Morgan fingerprint density at radius 2 is 2.26 bits per heavy atom. The summed E-state index contributed by atoms with van der Waals surface area (Å²) in [5.74, 6) is 0. The van der Waals surface area contributed by atoms with Gasteiger partial charge in [-0.1, -0.05) is 11.6 Å². The van der Waals surface area contributed by atoms with Gasteiger partial charge in [0.25, 0.3) is 0 Å². The molecular formula is C14H27N3O2. The minimum atomic E-state index is -0.431. The summed E-state index contributed by atoms with van der Waals surface area (Å²) in [6, 6.07) is 0.324. The zero-order valence-electron chi connectivity index (χ0n) is 12.5. The van der Waals surface area contributed by atoms with Crippen LogP contribution in [0.5, 0.6) is 0 Å². The predicted octanol–water partition coefficient (Wildman–Crippen LogP) is 1.49. The first kappa shape index (κ1) is 16.0. The first-order valence-electron chi connectivity index (χ1n) is 6.91. The Kier molecular flexibility index (Phi) is 5.82. The number of hydrogen-bond acceptors (Lipinski definition) is 4. The van der Waals surface area contributed by atoms with Gasteiger partial charge >= 0.3 is 6.09 Å². The van der Waals surface area contributed by atoms with Gasteiger partial charge in [-0.05, 0) is 34.1 Å². The number of rotatable bonds is 4. The van der Waals surface area contributed by atoms with Crippen LogP contribution in [0, 0.1) is 0 Å². The molecule has 0 aromatic heterocycles. The molecule has 110 valence electrons. The standard InChI is InChI=1S/C14H27N3O2/c1-11(9-15)16-10-12-5-7-17(8-6-12)13(18)19-14(2,3)4/h5,11,16H,6-10,15H2,1-4H3. The maximum absolute atomic E-state index is 11.9. The van der Waals surface area contributed by atoms with Gasteiger partial charge < -0.3 is 20.7 Å². The second-order valence-electron chi connectivity index (χ2n) is 6.06. The van der Waals surface area contributed by atoms with Crippen LogP contribution in [-0.2, 0) is 4.74 Å². The number of amides is 1. The molecule has 1 atom stereocenters. The van der Waals surface area contributed by atoms with Crippen LogP contribution < -0.4 is 11.1 Å². The van der Waals surface area contributed by atoms with Gasteiger partial charge in [0.1, 0.15) is 5.60 Å². The van der Waals surface area contributed by atoms with Crippen molar-refractivity contribution in [1.29, 1.82) is 0 Å². The van der Waals surface area contributed by atoms with E-state index in [-0.39, 0.29) is 6.09 Å². The van der Waals surface area contributed by atoms with E-state index < -0.39 is 5.60 Å².